The maximum Gasteiger partial charge on any atom is -0.0228 e. The third-order valence-corrected chi connectivity index (χ3v) is 6.80. The van der Waals surface area contributed by atoms with E-state index in [9.17, 15) is 0 Å². The van der Waals surface area contributed by atoms with Gasteiger partial charge in [-0.15, -0.1) is 0 Å². The molecular formula is C25H38. The Hall–Kier alpha value is -1.04. The van der Waals surface area contributed by atoms with Crippen LogP contribution in [-0.2, 0) is 0 Å². The zero-order valence-corrected chi connectivity index (χ0v) is 16.4. The van der Waals surface area contributed by atoms with Crippen LogP contribution in [0, 0.1) is 17.8 Å². The Bertz CT molecular complexity index is 504. The summed E-state index contributed by atoms with van der Waals surface area (Å²) in [6.07, 6.45) is 21.4. The molecule has 0 radical (unpaired) electrons. The SMILES string of the molecule is CCCC1CCC(CCCCC2CC=C(c3ccccc3)CC2)CC1. The van der Waals surface area contributed by atoms with E-state index in [0.717, 1.165) is 17.8 Å². The summed E-state index contributed by atoms with van der Waals surface area (Å²) in [6.45, 7) is 2.34. The first-order valence-electron chi connectivity index (χ1n) is 11.1. The van der Waals surface area contributed by atoms with Gasteiger partial charge < -0.3 is 0 Å². The van der Waals surface area contributed by atoms with Crippen LogP contribution in [0.25, 0.3) is 5.57 Å². The maximum absolute atomic E-state index is 2.53. The van der Waals surface area contributed by atoms with Crippen molar-refractivity contribution in [2.45, 2.75) is 90.4 Å². The van der Waals surface area contributed by atoms with Crippen molar-refractivity contribution in [2.75, 3.05) is 0 Å². The molecule has 1 atom stereocenters. The van der Waals surface area contributed by atoms with E-state index < -0.39 is 0 Å². The van der Waals surface area contributed by atoms with Gasteiger partial charge in [-0.25, -0.2) is 0 Å². The Morgan fingerprint density at radius 1 is 0.760 bits per heavy atom. The Labute approximate surface area is 156 Å². The maximum atomic E-state index is 2.53. The smallest absolute Gasteiger partial charge is 0.0228 e. The van der Waals surface area contributed by atoms with Crippen molar-refractivity contribution in [3.05, 3.63) is 42.0 Å². The van der Waals surface area contributed by atoms with Crippen LogP contribution in [-0.4, -0.2) is 0 Å². The number of hydrogen-bond acceptors (Lipinski definition) is 0. The first-order chi connectivity index (χ1) is 12.3. The van der Waals surface area contributed by atoms with Crippen molar-refractivity contribution in [2.24, 2.45) is 17.8 Å². The van der Waals surface area contributed by atoms with Crippen molar-refractivity contribution in [1.82, 2.24) is 0 Å². The van der Waals surface area contributed by atoms with E-state index >= 15 is 0 Å². The second-order valence-corrected chi connectivity index (χ2v) is 8.70. The van der Waals surface area contributed by atoms with Gasteiger partial charge in [-0.3, -0.25) is 0 Å². The molecule has 0 N–H and O–H groups in total. The lowest BCUT2D eigenvalue weighted by atomic mass is 9.78. The van der Waals surface area contributed by atoms with E-state index in [1.807, 2.05) is 0 Å². The quantitative estimate of drug-likeness (QED) is 0.421. The van der Waals surface area contributed by atoms with E-state index in [0.29, 0.717) is 0 Å². The molecule has 0 spiro atoms. The summed E-state index contributed by atoms with van der Waals surface area (Å²) in [5, 5.41) is 0. The van der Waals surface area contributed by atoms with Gasteiger partial charge in [0.15, 0.2) is 0 Å². The number of rotatable bonds is 8. The summed E-state index contributed by atoms with van der Waals surface area (Å²) in [7, 11) is 0. The van der Waals surface area contributed by atoms with Crippen molar-refractivity contribution in [1.29, 1.82) is 0 Å². The number of hydrogen-bond donors (Lipinski definition) is 0. The standard InChI is InChI=1S/C25H38/c1-2-8-21-13-15-22(16-14-21)9-6-7-10-23-17-19-25(20-18-23)24-11-4-3-5-12-24/h3-5,11-12,19,21-23H,2,6-10,13-18,20H2,1H3. The lowest BCUT2D eigenvalue weighted by molar-refractivity contribution is 0.246. The number of unbranched alkanes of at least 4 members (excludes halogenated alkanes) is 1. The minimum atomic E-state index is 0.952. The molecule has 1 fully saturated rings. The highest BCUT2D eigenvalue weighted by atomic mass is 14.3. The van der Waals surface area contributed by atoms with Crippen LogP contribution in [0.3, 0.4) is 0 Å². The Morgan fingerprint density at radius 2 is 1.40 bits per heavy atom. The molecular weight excluding hydrogens is 300 g/mol. The normalized spacial score (nSPS) is 27.1. The van der Waals surface area contributed by atoms with E-state index in [2.05, 4.69) is 43.3 Å². The summed E-state index contributed by atoms with van der Waals surface area (Å²) in [5.74, 6) is 3.07. The molecule has 2 aliphatic rings. The Balaban J connectivity index is 1.29. The Morgan fingerprint density at radius 3 is 2.00 bits per heavy atom. The first kappa shape index (κ1) is 18.7. The molecule has 1 saturated carbocycles. The van der Waals surface area contributed by atoms with Crippen LogP contribution in [0.1, 0.15) is 96.0 Å². The molecule has 0 heterocycles. The van der Waals surface area contributed by atoms with E-state index in [1.54, 1.807) is 5.57 Å². The number of benzene rings is 1. The predicted octanol–water partition coefficient (Wildman–Crippen LogP) is 8.04. The lowest BCUT2D eigenvalue weighted by Crippen LogP contribution is -2.14. The monoisotopic (exact) mass is 338 g/mol. The van der Waals surface area contributed by atoms with Crippen molar-refractivity contribution in [3.8, 4) is 0 Å². The molecule has 0 heteroatoms. The molecule has 25 heavy (non-hydrogen) atoms. The van der Waals surface area contributed by atoms with Gasteiger partial charge in [-0.1, -0.05) is 108 Å². The highest BCUT2D eigenvalue weighted by Gasteiger charge is 2.20. The van der Waals surface area contributed by atoms with Crippen LogP contribution in [0.15, 0.2) is 36.4 Å². The minimum Gasteiger partial charge on any atom is -0.0804 e. The molecule has 138 valence electrons. The molecule has 0 amide bonds. The third kappa shape index (κ3) is 6.01. The average Bonchev–Trinajstić information content (AvgIpc) is 2.68. The third-order valence-electron chi connectivity index (χ3n) is 6.80. The van der Waals surface area contributed by atoms with Gasteiger partial charge in [0.1, 0.15) is 0 Å². The summed E-state index contributed by atoms with van der Waals surface area (Å²) in [6, 6.07) is 11.0. The summed E-state index contributed by atoms with van der Waals surface area (Å²) < 4.78 is 0. The fraction of sp³-hybridized carbons (Fsp3) is 0.680. The predicted molar refractivity (Wildman–Crippen MR) is 111 cm³/mol. The Kier molecular flexibility index (Phi) is 7.64. The molecule has 0 bridgehead atoms. The molecule has 0 aromatic heterocycles. The van der Waals surface area contributed by atoms with Gasteiger partial charge in [0.05, 0.1) is 0 Å². The van der Waals surface area contributed by atoms with Crippen LogP contribution in [0.4, 0.5) is 0 Å². The zero-order chi connectivity index (χ0) is 17.3. The van der Waals surface area contributed by atoms with Gasteiger partial charge in [-0.2, -0.15) is 0 Å². The molecule has 0 saturated heterocycles. The molecule has 2 aliphatic carbocycles. The van der Waals surface area contributed by atoms with Gasteiger partial charge >= 0.3 is 0 Å². The second kappa shape index (κ2) is 10.2. The fourth-order valence-corrected chi connectivity index (χ4v) is 5.15. The van der Waals surface area contributed by atoms with Crippen molar-refractivity contribution in [3.63, 3.8) is 0 Å². The van der Waals surface area contributed by atoms with E-state index in [1.165, 1.54) is 89.0 Å². The topological polar surface area (TPSA) is 0 Å². The van der Waals surface area contributed by atoms with E-state index in [4.69, 9.17) is 0 Å². The molecule has 1 unspecified atom stereocenters. The van der Waals surface area contributed by atoms with Gasteiger partial charge in [-0.05, 0) is 48.2 Å². The zero-order valence-electron chi connectivity index (χ0n) is 16.4. The van der Waals surface area contributed by atoms with Gasteiger partial charge in [0, 0.05) is 0 Å². The highest BCUT2D eigenvalue weighted by molar-refractivity contribution is 5.66. The second-order valence-electron chi connectivity index (χ2n) is 8.70. The fourth-order valence-electron chi connectivity index (χ4n) is 5.15. The summed E-state index contributed by atoms with van der Waals surface area (Å²) in [5.41, 5.74) is 3.03. The number of allylic oxidation sites excluding steroid dienone is 2. The van der Waals surface area contributed by atoms with Gasteiger partial charge in [0.25, 0.3) is 0 Å². The van der Waals surface area contributed by atoms with Gasteiger partial charge in [0.2, 0.25) is 0 Å². The average molecular weight is 339 g/mol. The molecule has 0 nitrogen and oxygen atoms in total. The molecule has 3 rings (SSSR count). The molecule has 1 aromatic rings. The van der Waals surface area contributed by atoms with Crippen molar-refractivity contribution < 1.29 is 0 Å². The van der Waals surface area contributed by atoms with Crippen LogP contribution >= 0.6 is 0 Å². The van der Waals surface area contributed by atoms with Crippen molar-refractivity contribution >= 4 is 5.57 Å². The van der Waals surface area contributed by atoms with Crippen LogP contribution in [0.2, 0.25) is 0 Å². The first-order valence-corrected chi connectivity index (χ1v) is 11.1. The largest absolute Gasteiger partial charge is 0.0804 e. The molecule has 0 aliphatic heterocycles. The lowest BCUT2D eigenvalue weighted by Gasteiger charge is -2.28. The molecule has 1 aromatic carbocycles. The highest BCUT2D eigenvalue weighted by Crippen LogP contribution is 2.35. The minimum absolute atomic E-state index is 0.952. The van der Waals surface area contributed by atoms with Crippen LogP contribution < -0.4 is 0 Å². The summed E-state index contributed by atoms with van der Waals surface area (Å²) >= 11 is 0. The van der Waals surface area contributed by atoms with Crippen LogP contribution in [0.5, 0.6) is 0 Å². The van der Waals surface area contributed by atoms with E-state index in [-0.39, 0.29) is 0 Å². The summed E-state index contributed by atoms with van der Waals surface area (Å²) in [4.78, 5) is 0.